The number of ether oxygens (including phenoxy) is 3. The minimum Gasteiger partial charge on any atom is -0.485 e. The molecule has 2 aromatic carbocycles. The van der Waals surface area contributed by atoms with Gasteiger partial charge in [0.25, 0.3) is 0 Å². The van der Waals surface area contributed by atoms with Gasteiger partial charge in [-0.15, -0.1) is 0 Å². The van der Waals surface area contributed by atoms with Crippen molar-refractivity contribution >= 4 is 0 Å². The lowest BCUT2D eigenvalue weighted by Crippen LogP contribution is -2.81. The van der Waals surface area contributed by atoms with Gasteiger partial charge in [-0.1, -0.05) is 69.3 Å². The van der Waals surface area contributed by atoms with Gasteiger partial charge in [-0.3, -0.25) is 4.90 Å². The van der Waals surface area contributed by atoms with E-state index in [1.165, 1.54) is 30.5 Å². The minimum atomic E-state index is -0.955. The van der Waals surface area contributed by atoms with E-state index in [-0.39, 0.29) is 28.3 Å². The number of likely N-dealkylation sites (tertiary alicyclic amines) is 1. The molecule has 4 bridgehead atoms. The van der Waals surface area contributed by atoms with E-state index in [1.54, 1.807) is 0 Å². The fraction of sp³-hybridized carbons (Fsp3) is 0.611. The zero-order chi connectivity index (χ0) is 28.4. The summed E-state index contributed by atoms with van der Waals surface area (Å²) in [5, 5.41) is 12.4. The second-order valence-electron chi connectivity index (χ2n) is 15.2. The van der Waals surface area contributed by atoms with Crippen molar-refractivity contribution in [2.45, 2.75) is 95.2 Å². The maximum atomic E-state index is 12.4. The van der Waals surface area contributed by atoms with Crippen molar-refractivity contribution in [3.63, 3.8) is 0 Å². The number of nitrogens with zero attached hydrogens (tertiary/aromatic N) is 1. The van der Waals surface area contributed by atoms with Gasteiger partial charge in [-0.05, 0) is 74.1 Å². The van der Waals surface area contributed by atoms with Gasteiger partial charge in [0.1, 0.15) is 18.3 Å². The van der Waals surface area contributed by atoms with E-state index >= 15 is 0 Å². The monoisotopic (exact) mass is 555 g/mol. The molecule has 0 unspecified atom stereocenters. The van der Waals surface area contributed by atoms with Crippen molar-refractivity contribution in [1.82, 2.24) is 4.90 Å². The van der Waals surface area contributed by atoms with Gasteiger partial charge >= 0.3 is 0 Å². The van der Waals surface area contributed by atoms with Gasteiger partial charge in [-0.2, -0.15) is 0 Å². The maximum Gasteiger partial charge on any atom is 0.166 e. The predicted octanol–water partition coefficient (Wildman–Crippen LogP) is 6.06. The lowest BCUT2D eigenvalue weighted by Gasteiger charge is -2.73. The van der Waals surface area contributed by atoms with Gasteiger partial charge in [-0.25, -0.2) is 0 Å². The number of hydrogen-bond donors (Lipinski definition) is 1. The fourth-order valence-corrected chi connectivity index (χ4v) is 9.78. The van der Waals surface area contributed by atoms with Crippen molar-refractivity contribution in [2.75, 3.05) is 20.2 Å². The van der Waals surface area contributed by atoms with Crippen LogP contribution >= 0.6 is 0 Å². The molecule has 0 aromatic heterocycles. The Hall–Kier alpha value is -2.34. The van der Waals surface area contributed by atoms with Gasteiger partial charge in [0.2, 0.25) is 0 Å². The molecule has 7 aliphatic rings. The Balaban J connectivity index is 1.30. The highest BCUT2D eigenvalue weighted by Gasteiger charge is 2.81. The van der Waals surface area contributed by atoms with Crippen LogP contribution in [0.1, 0.15) is 70.1 Å². The average Bonchev–Trinajstić information content (AvgIpc) is 3.70. The third-order valence-corrected chi connectivity index (χ3v) is 12.5. The molecule has 0 amide bonds. The SMILES string of the molecule is CO[C@@]12C=C[C@]3(C[C@@H]1[C@](C)(O)C(C)(C)C)[C@@H]1Cc4ccc(OCc5ccccc5)c5c4[C@]3(CCN1CC1CC1)[C@@H]2O5. The quantitative estimate of drug-likeness (QED) is 0.421. The summed E-state index contributed by atoms with van der Waals surface area (Å²) in [4.78, 5) is 2.82. The Bertz CT molecular complexity index is 1410. The van der Waals surface area contributed by atoms with Crippen molar-refractivity contribution in [2.24, 2.45) is 22.7 Å². The van der Waals surface area contributed by atoms with Crippen LogP contribution in [0.3, 0.4) is 0 Å². The topological polar surface area (TPSA) is 51.2 Å². The summed E-state index contributed by atoms with van der Waals surface area (Å²) in [6.07, 6.45) is 10.3. The van der Waals surface area contributed by atoms with Crippen LogP contribution in [0.5, 0.6) is 11.5 Å². The molecule has 2 aromatic rings. The first-order valence-electron chi connectivity index (χ1n) is 15.8. The Kier molecular flexibility index (Phi) is 5.38. The second-order valence-corrected chi connectivity index (χ2v) is 15.2. The number of piperidine rings is 1. The zero-order valence-corrected chi connectivity index (χ0v) is 25.3. The third kappa shape index (κ3) is 3.24. The molecule has 5 aliphatic carbocycles. The number of fused-ring (bicyclic) bond motifs is 1. The van der Waals surface area contributed by atoms with Gasteiger partial charge < -0.3 is 19.3 Å². The number of aliphatic hydroxyl groups is 1. The average molecular weight is 556 g/mol. The Morgan fingerprint density at radius 2 is 1.83 bits per heavy atom. The number of rotatable bonds is 7. The van der Waals surface area contributed by atoms with Crippen molar-refractivity contribution in [3.05, 3.63) is 71.3 Å². The van der Waals surface area contributed by atoms with Gasteiger partial charge in [0, 0.05) is 36.6 Å². The Morgan fingerprint density at radius 3 is 2.54 bits per heavy atom. The molecule has 1 saturated heterocycles. The molecule has 41 heavy (non-hydrogen) atoms. The molecule has 2 saturated carbocycles. The summed E-state index contributed by atoms with van der Waals surface area (Å²) in [7, 11) is 1.83. The van der Waals surface area contributed by atoms with E-state index in [0.717, 1.165) is 48.8 Å². The lowest BCUT2D eigenvalue weighted by atomic mass is 9.35. The molecule has 1 N–H and O–H groups in total. The summed E-state index contributed by atoms with van der Waals surface area (Å²) in [5.41, 5.74) is 1.61. The maximum absolute atomic E-state index is 12.4. The van der Waals surface area contributed by atoms with Crippen LogP contribution in [-0.2, 0) is 23.2 Å². The highest BCUT2D eigenvalue weighted by molar-refractivity contribution is 5.65. The summed E-state index contributed by atoms with van der Waals surface area (Å²) < 4.78 is 20.4. The van der Waals surface area contributed by atoms with Crippen molar-refractivity contribution < 1.29 is 19.3 Å². The first-order chi connectivity index (χ1) is 19.6. The van der Waals surface area contributed by atoms with Crippen LogP contribution in [0.2, 0.25) is 0 Å². The van der Waals surface area contributed by atoms with Crippen molar-refractivity contribution in [1.29, 1.82) is 0 Å². The minimum absolute atomic E-state index is 0.101. The summed E-state index contributed by atoms with van der Waals surface area (Å²) in [6.45, 7) is 11.3. The number of benzene rings is 2. The summed E-state index contributed by atoms with van der Waals surface area (Å²) >= 11 is 0. The molecular formula is C36H45NO4. The molecule has 218 valence electrons. The molecule has 2 heterocycles. The van der Waals surface area contributed by atoms with Crippen LogP contribution in [-0.4, -0.2) is 53.6 Å². The normalized spacial score (nSPS) is 37.9. The van der Waals surface area contributed by atoms with E-state index in [9.17, 15) is 5.11 Å². The Labute approximate surface area is 244 Å². The van der Waals surface area contributed by atoms with Crippen LogP contribution in [0.15, 0.2) is 54.6 Å². The molecule has 7 atom stereocenters. The van der Waals surface area contributed by atoms with E-state index in [2.05, 4.69) is 74.2 Å². The van der Waals surface area contributed by atoms with E-state index in [0.29, 0.717) is 12.6 Å². The smallest absolute Gasteiger partial charge is 0.166 e. The highest BCUT2D eigenvalue weighted by atomic mass is 16.6. The van der Waals surface area contributed by atoms with Crippen LogP contribution < -0.4 is 9.47 Å². The van der Waals surface area contributed by atoms with Crippen LogP contribution in [0.4, 0.5) is 0 Å². The Morgan fingerprint density at radius 1 is 1.05 bits per heavy atom. The summed E-state index contributed by atoms with van der Waals surface area (Å²) in [6, 6.07) is 15.2. The molecule has 0 radical (unpaired) electrons. The third-order valence-electron chi connectivity index (χ3n) is 12.5. The van der Waals surface area contributed by atoms with Crippen LogP contribution in [0, 0.1) is 22.7 Å². The summed E-state index contributed by atoms with van der Waals surface area (Å²) in [5.74, 6) is 2.48. The largest absolute Gasteiger partial charge is 0.485 e. The first-order valence-corrected chi connectivity index (χ1v) is 15.8. The zero-order valence-electron chi connectivity index (χ0n) is 25.3. The predicted molar refractivity (Wildman–Crippen MR) is 159 cm³/mol. The number of hydrogen-bond acceptors (Lipinski definition) is 5. The molecule has 9 rings (SSSR count). The lowest BCUT2D eigenvalue weighted by molar-refractivity contribution is -0.263. The van der Waals surface area contributed by atoms with E-state index < -0.39 is 11.2 Å². The molecule has 3 fully saturated rings. The highest BCUT2D eigenvalue weighted by Crippen LogP contribution is 2.76. The standard InChI is InChI=1S/C36H45NO4/c1-32(2,3)33(4,38)27-20-34-15-16-36(27,39-5)31-35(34)17-18-37(21-23-11-12-23)28(34)19-25-13-14-26(30(41-31)29(25)35)40-22-24-9-7-6-8-10-24/h6-10,13-16,23,27-28,31,38H,11-12,17-22H2,1-5H3/t27-,28+,31+,33+,34+,35-,36+/m1/s1. The van der Waals surface area contributed by atoms with E-state index in [1.807, 2.05) is 20.1 Å². The second kappa shape index (κ2) is 8.39. The molecule has 5 heteroatoms. The first kappa shape index (κ1) is 26.3. The number of methoxy groups -OCH3 is 1. The van der Waals surface area contributed by atoms with Gasteiger partial charge in [0.05, 0.1) is 11.0 Å². The van der Waals surface area contributed by atoms with Crippen LogP contribution in [0.25, 0.3) is 0 Å². The molecular weight excluding hydrogens is 510 g/mol. The van der Waals surface area contributed by atoms with Crippen molar-refractivity contribution in [3.8, 4) is 11.5 Å². The fourth-order valence-electron chi connectivity index (χ4n) is 9.78. The van der Waals surface area contributed by atoms with Gasteiger partial charge in [0.15, 0.2) is 11.5 Å². The molecule has 5 nitrogen and oxygen atoms in total. The molecule has 2 spiro atoms. The molecule has 2 aliphatic heterocycles. The van der Waals surface area contributed by atoms with E-state index in [4.69, 9.17) is 14.2 Å².